The van der Waals surface area contributed by atoms with Crippen LogP contribution in [0.5, 0.6) is 0 Å². The number of nitrogens with one attached hydrogen (secondary N) is 1. The van der Waals surface area contributed by atoms with E-state index < -0.39 is 5.62 Å². The lowest BCUT2D eigenvalue weighted by Crippen LogP contribution is -2.54. The third-order valence-corrected chi connectivity index (χ3v) is 4.91. The van der Waals surface area contributed by atoms with Gasteiger partial charge in [-0.05, 0) is 34.6 Å². The molecule has 0 aromatic rings. The van der Waals surface area contributed by atoms with Crippen LogP contribution in [-0.2, 0) is 9.47 Å². The molecule has 0 spiro atoms. The number of halogens is 1. The summed E-state index contributed by atoms with van der Waals surface area (Å²) in [5, 5.41) is 3.26. The van der Waals surface area contributed by atoms with E-state index >= 15 is 0 Å². The van der Waals surface area contributed by atoms with Crippen molar-refractivity contribution in [2.75, 3.05) is 45.9 Å². The molecular weight excluding hydrogens is 342 g/mol. The van der Waals surface area contributed by atoms with Crippen molar-refractivity contribution >= 4 is 17.6 Å². The van der Waals surface area contributed by atoms with Crippen molar-refractivity contribution < 1.29 is 9.47 Å². The van der Waals surface area contributed by atoms with Crippen LogP contribution in [0.15, 0.2) is 4.99 Å². The van der Waals surface area contributed by atoms with E-state index in [1.807, 2.05) is 18.7 Å². The summed E-state index contributed by atoms with van der Waals surface area (Å²) in [5.74, 6) is 0.462. The molecule has 2 atom stereocenters. The van der Waals surface area contributed by atoms with Crippen molar-refractivity contribution in [3.8, 4) is 0 Å². The van der Waals surface area contributed by atoms with Crippen LogP contribution in [0.2, 0.25) is 0 Å². The van der Waals surface area contributed by atoms with E-state index in [2.05, 4.69) is 36.0 Å². The van der Waals surface area contributed by atoms with E-state index in [-0.39, 0.29) is 11.2 Å². The number of morpholine rings is 2. The van der Waals surface area contributed by atoms with E-state index in [4.69, 9.17) is 26.8 Å². The van der Waals surface area contributed by atoms with Crippen LogP contribution < -0.4 is 11.1 Å². The van der Waals surface area contributed by atoms with Crippen LogP contribution in [0.1, 0.15) is 34.6 Å². The number of aliphatic imine (C=N–C) groups is 1. The largest absolute Gasteiger partial charge is 0.373 e. The second-order valence-corrected chi connectivity index (χ2v) is 8.60. The number of ether oxygens (including phenoxy) is 2. The van der Waals surface area contributed by atoms with E-state index in [1.54, 1.807) is 0 Å². The van der Waals surface area contributed by atoms with E-state index in [1.165, 1.54) is 0 Å². The molecule has 146 valence electrons. The molecule has 0 saturated carbocycles. The molecule has 2 fully saturated rings. The summed E-state index contributed by atoms with van der Waals surface area (Å²) in [5.41, 5.74) is 5.27. The highest BCUT2D eigenvalue weighted by Crippen LogP contribution is 2.18. The third kappa shape index (κ3) is 6.57. The zero-order valence-electron chi connectivity index (χ0n) is 16.2. The van der Waals surface area contributed by atoms with Crippen molar-refractivity contribution in [3.05, 3.63) is 0 Å². The average molecular weight is 376 g/mol. The minimum Gasteiger partial charge on any atom is -0.373 e. The Labute approximate surface area is 156 Å². The summed E-state index contributed by atoms with van der Waals surface area (Å²) in [6.45, 7) is 16.0. The zero-order valence-corrected chi connectivity index (χ0v) is 17.0. The summed E-state index contributed by atoms with van der Waals surface area (Å²) in [7, 11) is 0. The number of hydrogen-bond acceptors (Lipinski definition) is 5. The lowest BCUT2D eigenvalue weighted by molar-refractivity contribution is -0.0950. The Morgan fingerprint density at radius 1 is 1.16 bits per heavy atom. The number of nitrogens with two attached hydrogens (primary N) is 1. The molecule has 25 heavy (non-hydrogen) atoms. The van der Waals surface area contributed by atoms with Gasteiger partial charge in [-0.1, -0.05) is 11.6 Å². The number of nitrogens with zero attached hydrogens (tertiary/aromatic N) is 3. The molecule has 0 aromatic carbocycles. The van der Waals surface area contributed by atoms with Gasteiger partial charge in [0.2, 0.25) is 0 Å². The maximum Gasteiger partial charge on any atom is 0.194 e. The lowest BCUT2D eigenvalue weighted by atomic mass is 10.1. The van der Waals surface area contributed by atoms with Crippen molar-refractivity contribution in [1.29, 1.82) is 0 Å². The molecule has 8 heteroatoms. The molecule has 0 aliphatic carbocycles. The Kier molecular flexibility index (Phi) is 6.95. The lowest BCUT2D eigenvalue weighted by Gasteiger charge is -2.41. The molecule has 2 aliphatic heterocycles. The normalized spacial score (nSPS) is 27.1. The SMILES string of the molecule is CC(CNC(Cl)/N=C(\N)N1CCOC(C)(C)C1)N1CCOC(C)(C)C1. The second kappa shape index (κ2) is 8.39. The van der Waals surface area contributed by atoms with Crippen molar-refractivity contribution in [1.82, 2.24) is 15.1 Å². The van der Waals surface area contributed by atoms with Gasteiger partial charge in [0.25, 0.3) is 0 Å². The van der Waals surface area contributed by atoms with Crippen LogP contribution in [0, 0.1) is 0 Å². The van der Waals surface area contributed by atoms with Gasteiger partial charge in [-0.25, -0.2) is 4.99 Å². The summed E-state index contributed by atoms with van der Waals surface area (Å²) in [4.78, 5) is 8.82. The molecular formula is C17H34ClN5O2. The van der Waals surface area contributed by atoms with Gasteiger partial charge in [0.15, 0.2) is 11.6 Å². The first-order valence-electron chi connectivity index (χ1n) is 9.06. The summed E-state index contributed by atoms with van der Waals surface area (Å²) in [6.07, 6.45) is 0. The summed E-state index contributed by atoms with van der Waals surface area (Å²) < 4.78 is 11.5. The van der Waals surface area contributed by atoms with Gasteiger partial charge < -0.3 is 20.1 Å². The van der Waals surface area contributed by atoms with Crippen LogP contribution in [-0.4, -0.2) is 84.6 Å². The van der Waals surface area contributed by atoms with E-state index in [9.17, 15) is 0 Å². The third-order valence-electron chi connectivity index (χ3n) is 4.66. The number of guanidine groups is 1. The number of hydrogen-bond donors (Lipinski definition) is 2. The highest BCUT2D eigenvalue weighted by Gasteiger charge is 2.30. The Hall–Kier alpha value is -0.600. The fourth-order valence-corrected chi connectivity index (χ4v) is 3.47. The first kappa shape index (κ1) is 20.7. The Balaban J connectivity index is 1.80. The molecule has 2 rings (SSSR count). The monoisotopic (exact) mass is 375 g/mol. The van der Waals surface area contributed by atoms with E-state index in [0.717, 1.165) is 32.8 Å². The Morgan fingerprint density at radius 3 is 2.36 bits per heavy atom. The molecule has 2 unspecified atom stereocenters. The predicted octanol–water partition coefficient (Wildman–Crippen LogP) is 1.02. The fourth-order valence-electron chi connectivity index (χ4n) is 3.28. The Bertz CT molecular complexity index is 472. The average Bonchev–Trinajstić information content (AvgIpc) is 2.50. The van der Waals surface area contributed by atoms with Crippen molar-refractivity contribution in [2.45, 2.75) is 57.5 Å². The van der Waals surface area contributed by atoms with Crippen molar-refractivity contribution in [2.24, 2.45) is 10.7 Å². The smallest absolute Gasteiger partial charge is 0.194 e. The quantitative estimate of drug-likeness (QED) is 0.323. The highest BCUT2D eigenvalue weighted by molar-refractivity contribution is 6.20. The molecule has 0 amide bonds. The van der Waals surface area contributed by atoms with E-state index in [0.29, 0.717) is 25.2 Å². The fraction of sp³-hybridized carbons (Fsp3) is 0.941. The molecule has 2 heterocycles. The standard InChI is InChI=1S/C17H34ClN5O2/c1-13(22-6-8-24-16(2,3)11-22)10-20-14(18)21-15(19)23-7-9-25-17(4,5)12-23/h13-14,20H,6-12H2,1-5H3,(H2,19,21). The molecule has 0 radical (unpaired) electrons. The van der Waals surface area contributed by atoms with Crippen LogP contribution in [0.3, 0.4) is 0 Å². The predicted molar refractivity (Wildman–Crippen MR) is 102 cm³/mol. The minimum atomic E-state index is -0.539. The first-order valence-corrected chi connectivity index (χ1v) is 9.49. The van der Waals surface area contributed by atoms with Crippen LogP contribution >= 0.6 is 11.6 Å². The summed E-state index contributed by atoms with van der Waals surface area (Å²) in [6, 6.07) is 0.350. The molecule has 2 saturated heterocycles. The van der Waals surface area contributed by atoms with Gasteiger partial charge in [0.1, 0.15) is 0 Å². The summed E-state index contributed by atoms with van der Waals surface area (Å²) >= 11 is 6.33. The maximum absolute atomic E-state index is 6.33. The molecule has 0 bridgehead atoms. The van der Waals surface area contributed by atoms with Crippen molar-refractivity contribution in [3.63, 3.8) is 0 Å². The molecule has 7 nitrogen and oxygen atoms in total. The maximum atomic E-state index is 6.33. The number of alkyl halides is 1. The van der Waals surface area contributed by atoms with Gasteiger partial charge in [0.05, 0.1) is 24.4 Å². The Morgan fingerprint density at radius 2 is 1.76 bits per heavy atom. The highest BCUT2D eigenvalue weighted by atomic mass is 35.5. The minimum absolute atomic E-state index is 0.0986. The second-order valence-electron chi connectivity index (χ2n) is 8.19. The van der Waals surface area contributed by atoms with Gasteiger partial charge in [-0.15, -0.1) is 0 Å². The van der Waals surface area contributed by atoms with Gasteiger partial charge in [-0.2, -0.15) is 0 Å². The van der Waals surface area contributed by atoms with Gasteiger partial charge in [-0.3, -0.25) is 10.2 Å². The number of rotatable bonds is 5. The zero-order chi connectivity index (χ0) is 18.7. The topological polar surface area (TPSA) is 75.3 Å². The molecule has 2 aliphatic rings. The van der Waals surface area contributed by atoms with Crippen LogP contribution in [0.4, 0.5) is 0 Å². The first-order chi connectivity index (χ1) is 11.6. The molecule has 0 aromatic heterocycles. The van der Waals surface area contributed by atoms with Crippen LogP contribution in [0.25, 0.3) is 0 Å². The molecule has 3 N–H and O–H groups in total. The van der Waals surface area contributed by atoms with Gasteiger partial charge in [0, 0.05) is 38.8 Å². The van der Waals surface area contributed by atoms with Gasteiger partial charge >= 0.3 is 0 Å².